The number of nitrogens with two attached hydrogens (primary N) is 1. The lowest BCUT2D eigenvalue weighted by atomic mass is 9.97. The van der Waals surface area contributed by atoms with Crippen LogP contribution in [-0.4, -0.2) is 22.5 Å². The number of ether oxygens (including phenoxy) is 1. The molecule has 4 N–H and O–H groups in total. The summed E-state index contributed by atoms with van der Waals surface area (Å²) in [5, 5.41) is 4.55. The molecule has 0 aliphatic heterocycles. The highest BCUT2D eigenvalue weighted by Gasteiger charge is 2.14. The van der Waals surface area contributed by atoms with E-state index in [4.69, 9.17) is 10.6 Å². The van der Waals surface area contributed by atoms with Gasteiger partial charge < -0.3 is 9.72 Å². The minimum absolute atomic E-state index is 0.116. The van der Waals surface area contributed by atoms with Crippen LogP contribution in [0.15, 0.2) is 36.7 Å². The molecule has 0 spiro atoms. The number of aromatic amines is 1. The standard InChI is InChI=1S/C19H18N4O2/c1-10-15-8-21-6-5-13(15)11(2)19-18(10)14-7-12(3-4-16(14)22-19)25-9-17(24)23-20/h3-8,22H,9,20H2,1-2H3,(H,23,24). The van der Waals surface area contributed by atoms with E-state index in [1.54, 1.807) is 0 Å². The molecule has 2 heterocycles. The quantitative estimate of drug-likeness (QED) is 0.305. The van der Waals surface area contributed by atoms with Crippen molar-refractivity contribution in [3.05, 3.63) is 47.8 Å². The lowest BCUT2D eigenvalue weighted by Crippen LogP contribution is -2.34. The number of hydrazine groups is 1. The molecule has 4 rings (SSSR count). The number of carbonyl (C=O) groups is 1. The fraction of sp³-hybridized carbons (Fsp3) is 0.158. The van der Waals surface area contributed by atoms with E-state index in [2.05, 4.69) is 29.2 Å². The number of hydrogen-bond donors (Lipinski definition) is 3. The summed E-state index contributed by atoms with van der Waals surface area (Å²) in [6.45, 7) is 4.10. The van der Waals surface area contributed by atoms with Gasteiger partial charge >= 0.3 is 0 Å². The number of aryl methyl sites for hydroxylation is 2. The number of benzene rings is 2. The van der Waals surface area contributed by atoms with Crippen LogP contribution >= 0.6 is 0 Å². The third-order valence-corrected chi connectivity index (χ3v) is 4.68. The van der Waals surface area contributed by atoms with Crippen molar-refractivity contribution in [1.29, 1.82) is 0 Å². The Bertz CT molecular complexity index is 1130. The summed E-state index contributed by atoms with van der Waals surface area (Å²) in [6, 6.07) is 7.80. The van der Waals surface area contributed by atoms with Crippen LogP contribution in [0, 0.1) is 13.8 Å². The zero-order chi connectivity index (χ0) is 17.6. The molecule has 0 aliphatic carbocycles. The van der Waals surface area contributed by atoms with Gasteiger partial charge in [-0.25, -0.2) is 5.84 Å². The molecule has 0 atom stereocenters. The summed E-state index contributed by atoms with van der Waals surface area (Å²) in [4.78, 5) is 19.1. The van der Waals surface area contributed by atoms with Crippen LogP contribution in [0.2, 0.25) is 0 Å². The maximum atomic E-state index is 11.3. The molecule has 0 saturated heterocycles. The smallest absolute Gasteiger partial charge is 0.271 e. The van der Waals surface area contributed by atoms with Crippen LogP contribution in [0.5, 0.6) is 5.75 Å². The van der Waals surface area contributed by atoms with Crippen molar-refractivity contribution < 1.29 is 9.53 Å². The molecule has 25 heavy (non-hydrogen) atoms. The normalized spacial score (nSPS) is 11.3. The number of nitrogens with one attached hydrogen (secondary N) is 2. The number of fused-ring (bicyclic) bond motifs is 4. The van der Waals surface area contributed by atoms with Gasteiger partial charge in [-0.1, -0.05) is 0 Å². The average molecular weight is 334 g/mol. The highest BCUT2D eigenvalue weighted by atomic mass is 16.5. The van der Waals surface area contributed by atoms with Gasteiger partial charge in [0.25, 0.3) is 5.91 Å². The van der Waals surface area contributed by atoms with Gasteiger partial charge in [-0.2, -0.15) is 0 Å². The maximum absolute atomic E-state index is 11.3. The van der Waals surface area contributed by atoms with Crippen molar-refractivity contribution in [2.75, 3.05) is 6.61 Å². The zero-order valence-electron chi connectivity index (χ0n) is 14.0. The first-order valence-corrected chi connectivity index (χ1v) is 8.00. The van der Waals surface area contributed by atoms with Crippen molar-refractivity contribution in [3.8, 4) is 5.75 Å². The first kappa shape index (κ1) is 15.4. The highest BCUT2D eigenvalue weighted by molar-refractivity contribution is 6.16. The van der Waals surface area contributed by atoms with Gasteiger partial charge in [0.15, 0.2) is 6.61 Å². The topological polar surface area (TPSA) is 93.0 Å². The fourth-order valence-corrected chi connectivity index (χ4v) is 3.41. The summed E-state index contributed by atoms with van der Waals surface area (Å²) >= 11 is 0. The van der Waals surface area contributed by atoms with E-state index >= 15 is 0 Å². The van der Waals surface area contributed by atoms with Crippen molar-refractivity contribution in [2.24, 2.45) is 5.84 Å². The molecule has 2 aromatic carbocycles. The van der Waals surface area contributed by atoms with Crippen LogP contribution in [-0.2, 0) is 4.79 Å². The maximum Gasteiger partial charge on any atom is 0.271 e. The van der Waals surface area contributed by atoms with Crippen molar-refractivity contribution >= 4 is 38.5 Å². The van der Waals surface area contributed by atoms with Gasteiger partial charge in [0.1, 0.15) is 5.75 Å². The van der Waals surface area contributed by atoms with Crippen molar-refractivity contribution in [1.82, 2.24) is 15.4 Å². The molecule has 0 aliphatic rings. The van der Waals surface area contributed by atoms with Gasteiger partial charge in [-0.3, -0.25) is 15.2 Å². The van der Waals surface area contributed by atoms with E-state index < -0.39 is 0 Å². The third kappa shape index (κ3) is 2.38. The Kier molecular flexibility index (Phi) is 3.54. The summed E-state index contributed by atoms with van der Waals surface area (Å²) < 4.78 is 5.52. The number of carbonyl (C=O) groups excluding carboxylic acids is 1. The number of hydrogen-bond acceptors (Lipinski definition) is 4. The first-order valence-electron chi connectivity index (χ1n) is 8.00. The van der Waals surface area contributed by atoms with Crippen LogP contribution < -0.4 is 16.0 Å². The number of nitrogens with zero attached hydrogens (tertiary/aromatic N) is 1. The van der Waals surface area contributed by atoms with Gasteiger partial charge in [0, 0.05) is 34.1 Å². The molecule has 0 radical (unpaired) electrons. The Morgan fingerprint density at radius 3 is 2.84 bits per heavy atom. The molecule has 0 fully saturated rings. The van der Waals surface area contributed by atoms with E-state index in [0.29, 0.717) is 5.75 Å². The average Bonchev–Trinajstić information content (AvgIpc) is 3.03. The summed E-state index contributed by atoms with van der Waals surface area (Å²) in [7, 11) is 0. The number of rotatable bonds is 3. The predicted octanol–water partition coefficient (Wildman–Crippen LogP) is 2.85. The summed E-state index contributed by atoms with van der Waals surface area (Å²) in [5.41, 5.74) is 6.57. The fourth-order valence-electron chi connectivity index (χ4n) is 3.41. The molecular formula is C19H18N4O2. The van der Waals surface area contributed by atoms with E-state index in [1.807, 2.05) is 36.7 Å². The summed E-state index contributed by atoms with van der Waals surface area (Å²) in [6.07, 6.45) is 3.72. The molecule has 4 aromatic rings. The Morgan fingerprint density at radius 2 is 2.04 bits per heavy atom. The Hall–Kier alpha value is -3.12. The van der Waals surface area contributed by atoms with Crippen molar-refractivity contribution in [2.45, 2.75) is 13.8 Å². The van der Waals surface area contributed by atoms with Gasteiger partial charge in [0.2, 0.25) is 0 Å². The molecular weight excluding hydrogens is 316 g/mol. The number of pyridine rings is 1. The molecule has 2 aromatic heterocycles. The molecule has 126 valence electrons. The molecule has 1 amide bonds. The van der Waals surface area contributed by atoms with E-state index in [-0.39, 0.29) is 12.5 Å². The predicted molar refractivity (Wildman–Crippen MR) is 98.4 cm³/mol. The van der Waals surface area contributed by atoms with E-state index in [0.717, 1.165) is 27.2 Å². The van der Waals surface area contributed by atoms with Crippen LogP contribution in [0.4, 0.5) is 0 Å². The zero-order valence-corrected chi connectivity index (χ0v) is 14.0. The number of H-pyrrole nitrogens is 1. The summed E-state index contributed by atoms with van der Waals surface area (Å²) in [5.74, 6) is 5.34. The van der Waals surface area contributed by atoms with E-state index in [9.17, 15) is 4.79 Å². The molecule has 6 nitrogen and oxygen atoms in total. The third-order valence-electron chi connectivity index (χ3n) is 4.68. The second kappa shape index (κ2) is 5.75. The molecule has 6 heteroatoms. The van der Waals surface area contributed by atoms with Crippen LogP contribution in [0.1, 0.15) is 11.1 Å². The van der Waals surface area contributed by atoms with Crippen LogP contribution in [0.3, 0.4) is 0 Å². The lowest BCUT2D eigenvalue weighted by molar-refractivity contribution is -0.123. The van der Waals surface area contributed by atoms with Crippen molar-refractivity contribution in [3.63, 3.8) is 0 Å². The van der Waals surface area contributed by atoms with E-state index in [1.165, 1.54) is 16.5 Å². The SMILES string of the molecule is Cc1c2ccncc2c(C)c2c1[nH]c1ccc(OCC(=O)NN)cc12. The van der Waals surface area contributed by atoms with Crippen LogP contribution in [0.25, 0.3) is 32.6 Å². The highest BCUT2D eigenvalue weighted by Crippen LogP contribution is 2.37. The first-order chi connectivity index (χ1) is 12.1. The van der Waals surface area contributed by atoms with Gasteiger partial charge in [0.05, 0.1) is 5.52 Å². The molecule has 0 bridgehead atoms. The Labute approximate surface area is 143 Å². The van der Waals surface area contributed by atoms with Gasteiger partial charge in [-0.05, 0) is 54.6 Å². The number of amides is 1. The largest absolute Gasteiger partial charge is 0.484 e. The minimum atomic E-state index is -0.372. The Morgan fingerprint density at radius 1 is 1.20 bits per heavy atom. The number of aromatic nitrogens is 2. The van der Waals surface area contributed by atoms with Gasteiger partial charge in [-0.15, -0.1) is 0 Å². The lowest BCUT2D eigenvalue weighted by Gasteiger charge is -2.08. The second-order valence-electron chi connectivity index (χ2n) is 6.11. The molecule has 0 unspecified atom stereocenters. The Balaban J connectivity index is 1.95. The second-order valence-corrected chi connectivity index (χ2v) is 6.11. The monoisotopic (exact) mass is 334 g/mol. The minimum Gasteiger partial charge on any atom is -0.484 e. The molecule has 0 saturated carbocycles.